The highest BCUT2D eigenvalue weighted by molar-refractivity contribution is 7.99. The number of rotatable bonds is 4. The Labute approximate surface area is 80.7 Å². The summed E-state index contributed by atoms with van der Waals surface area (Å²) < 4.78 is 0. The van der Waals surface area contributed by atoms with Gasteiger partial charge in [0, 0.05) is 17.3 Å². The zero-order chi connectivity index (χ0) is 8.97. The van der Waals surface area contributed by atoms with Crippen molar-refractivity contribution in [3.8, 4) is 0 Å². The standard InChI is InChI=1S/C10H21NS/c1-4-12-10-6-5-9(7-10)11-8(2)3/h8-11H,4-7H2,1-3H3. The minimum absolute atomic E-state index is 0.653. The fraction of sp³-hybridized carbons (Fsp3) is 1.00. The Morgan fingerprint density at radius 2 is 2.17 bits per heavy atom. The first-order valence-electron chi connectivity index (χ1n) is 5.10. The molecule has 0 saturated heterocycles. The lowest BCUT2D eigenvalue weighted by Crippen LogP contribution is -2.32. The summed E-state index contributed by atoms with van der Waals surface area (Å²) in [5, 5.41) is 4.55. The topological polar surface area (TPSA) is 12.0 Å². The van der Waals surface area contributed by atoms with Crippen LogP contribution in [0.5, 0.6) is 0 Å². The normalized spacial score (nSPS) is 30.0. The van der Waals surface area contributed by atoms with Crippen LogP contribution in [0.4, 0.5) is 0 Å². The zero-order valence-corrected chi connectivity index (χ0v) is 9.29. The summed E-state index contributed by atoms with van der Waals surface area (Å²) in [7, 11) is 0. The van der Waals surface area contributed by atoms with E-state index < -0.39 is 0 Å². The molecule has 1 fully saturated rings. The van der Waals surface area contributed by atoms with Crippen molar-refractivity contribution in [2.45, 2.75) is 57.4 Å². The van der Waals surface area contributed by atoms with Crippen LogP contribution in [0.15, 0.2) is 0 Å². The smallest absolute Gasteiger partial charge is 0.00803 e. The van der Waals surface area contributed by atoms with E-state index in [0.29, 0.717) is 6.04 Å². The highest BCUT2D eigenvalue weighted by atomic mass is 32.2. The third kappa shape index (κ3) is 3.36. The molecular formula is C10H21NS. The molecule has 0 aliphatic heterocycles. The third-order valence-corrected chi connectivity index (χ3v) is 3.59. The van der Waals surface area contributed by atoms with Crippen LogP contribution in [0.3, 0.4) is 0 Å². The lowest BCUT2D eigenvalue weighted by Gasteiger charge is -2.15. The van der Waals surface area contributed by atoms with E-state index in [9.17, 15) is 0 Å². The maximum absolute atomic E-state index is 3.62. The van der Waals surface area contributed by atoms with E-state index in [1.54, 1.807) is 0 Å². The van der Waals surface area contributed by atoms with Gasteiger partial charge in [-0.15, -0.1) is 0 Å². The number of hydrogen-bond acceptors (Lipinski definition) is 2. The lowest BCUT2D eigenvalue weighted by molar-refractivity contribution is 0.472. The second-order valence-corrected chi connectivity index (χ2v) is 5.49. The summed E-state index contributed by atoms with van der Waals surface area (Å²) in [6, 6.07) is 1.45. The summed E-state index contributed by atoms with van der Waals surface area (Å²) in [5.74, 6) is 1.28. The fourth-order valence-corrected chi connectivity index (χ4v) is 3.09. The average molecular weight is 187 g/mol. The molecule has 0 aromatic carbocycles. The van der Waals surface area contributed by atoms with Gasteiger partial charge in [0.15, 0.2) is 0 Å². The van der Waals surface area contributed by atoms with E-state index in [4.69, 9.17) is 0 Å². The van der Waals surface area contributed by atoms with Gasteiger partial charge in [-0.1, -0.05) is 20.8 Å². The Morgan fingerprint density at radius 1 is 1.42 bits per heavy atom. The highest BCUT2D eigenvalue weighted by Gasteiger charge is 2.24. The molecule has 0 bridgehead atoms. The second-order valence-electron chi connectivity index (χ2n) is 3.91. The van der Waals surface area contributed by atoms with E-state index in [2.05, 4.69) is 37.8 Å². The molecule has 72 valence electrons. The summed E-state index contributed by atoms with van der Waals surface area (Å²) in [4.78, 5) is 0. The fourth-order valence-electron chi connectivity index (χ4n) is 1.95. The van der Waals surface area contributed by atoms with Crippen LogP contribution in [-0.4, -0.2) is 23.1 Å². The number of thioether (sulfide) groups is 1. The molecule has 0 radical (unpaired) electrons. The second kappa shape index (κ2) is 5.13. The summed E-state index contributed by atoms with van der Waals surface area (Å²) in [5.41, 5.74) is 0. The van der Waals surface area contributed by atoms with E-state index in [0.717, 1.165) is 11.3 Å². The van der Waals surface area contributed by atoms with Crippen molar-refractivity contribution in [1.29, 1.82) is 0 Å². The Bertz CT molecular complexity index is 125. The minimum Gasteiger partial charge on any atom is -0.312 e. The Hall–Kier alpha value is 0.310. The van der Waals surface area contributed by atoms with Crippen LogP contribution in [0.1, 0.15) is 40.0 Å². The summed E-state index contributed by atoms with van der Waals surface area (Å²) in [6.45, 7) is 6.73. The maximum atomic E-state index is 3.62. The number of nitrogens with one attached hydrogen (secondary N) is 1. The molecule has 0 aromatic heterocycles. The first-order valence-corrected chi connectivity index (χ1v) is 6.15. The molecule has 1 rings (SSSR count). The van der Waals surface area contributed by atoms with Gasteiger partial charge < -0.3 is 5.32 Å². The Balaban J connectivity index is 2.16. The Kier molecular flexibility index (Phi) is 4.44. The molecule has 0 aromatic rings. The molecule has 1 aliphatic rings. The quantitative estimate of drug-likeness (QED) is 0.726. The van der Waals surface area contributed by atoms with Crippen molar-refractivity contribution in [3.05, 3.63) is 0 Å². The van der Waals surface area contributed by atoms with Gasteiger partial charge >= 0.3 is 0 Å². The van der Waals surface area contributed by atoms with E-state index in [1.165, 1.54) is 25.0 Å². The lowest BCUT2D eigenvalue weighted by atomic mass is 10.2. The van der Waals surface area contributed by atoms with Gasteiger partial charge in [0.2, 0.25) is 0 Å². The van der Waals surface area contributed by atoms with Crippen LogP contribution in [0.2, 0.25) is 0 Å². The predicted molar refractivity (Wildman–Crippen MR) is 57.8 cm³/mol. The van der Waals surface area contributed by atoms with Crippen molar-refractivity contribution in [2.75, 3.05) is 5.75 Å². The highest BCUT2D eigenvalue weighted by Crippen LogP contribution is 2.29. The van der Waals surface area contributed by atoms with Crippen LogP contribution < -0.4 is 5.32 Å². The van der Waals surface area contributed by atoms with Gasteiger partial charge in [-0.2, -0.15) is 11.8 Å². The van der Waals surface area contributed by atoms with Gasteiger partial charge in [-0.3, -0.25) is 0 Å². The van der Waals surface area contributed by atoms with Gasteiger partial charge in [0.25, 0.3) is 0 Å². The van der Waals surface area contributed by atoms with E-state index >= 15 is 0 Å². The maximum Gasteiger partial charge on any atom is 0.00803 e. The zero-order valence-electron chi connectivity index (χ0n) is 8.47. The Morgan fingerprint density at radius 3 is 2.75 bits per heavy atom. The molecule has 2 heteroatoms. The van der Waals surface area contributed by atoms with Crippen molar-refractivity contribution < 1.29 is 0 Å². The van der Waals surface area contributed by atoms with Crippen LogP contribution in [0.25, 0.3) is 0 Å². The molecule has 0 spiro atoms. The summed E-state index contributed by atoms with van der Waals surface area (Å²) >= 11 is 2.13. The molecule has 2 atom stereocenters. The first-order chi connectivity index (χ1) is 5.72. The average Bonchev–Trinajstić information content (AvgIpc) is 2.36. The first kappa shape index (κ1) is 10.4. The van der Waals surface area contributed by atoms with Crippen molar-refractivity contribution in [2.24, 2.45) is 0 Å². The predicted octanol–water partition coefficient (Wildman–Crippen LogP) is 2.66. The molecule has 1 N–H and O–H groups in total. The summed E-state index contributed by atoms with van der Waals surface area (Å²) in [6.07, 6.45) is 4.19. The van der Waals surface area contributed by atoms with E-state index in [-0.39, 0.29) is 0 Å². The van der Waals surface area contributed by atoms with E-state index in [1.807, 2.05) is 0 Å². The largest absolute Gasteiger partial charge is 0.312 e. The van der Waals surface area contributed by atoms with Crippen LogP contribution in [0, 0.1) is 0 Å². The van der Waals surface area contributed by atoms with Gasteiger partial charge in [0.05, 0.1) is 0 Å². The monoisotopic (exact) mass is 187 g/mol. The molecule has 1 aliphatic carbocycles. The van der Waals surface area contributed by atoms with Gasteiger partial charge in [-0.05, 0) is 25.0 Å². The van der Waals surface area contributed by atoms with Crippen LogP contribution >= 0.6 is 11.8 Å². The minimum atomic E-state index is 0.653. The van der Waals surface area contributed by atoms with Crippen molar-refractivity contribution in [3.63, 3.8) is 0 Å². The molecule has 2 unspecified atom stereocenters. The third-order valence-electron chi connectivity index (χ3n) is 2.36. The molecule has 0 heterocycles. The molecular weight excluding hydrogens is 166 g/mol. The molecule has 1 saturated carbocycles. The number of hydrogen-bond donors (Lipinski definition) is 1. The van der Waals surface area contributed by atoms with Gasteiger partial charge in [-0.25, -0.2) is 0 Å². The molecule has 12 heavy (non-hydrogen) atoms. The molecule has 0 amide bonds. The molecule has 1 nitrogen and oxygen atoms in total. The van der Waals surface area contributed by atoms with Crippen molar-refractivity contribution in [1.82, 2.24) is 5.32 Å². The van der Waals surface area contributed by atoms with Crippen molar-refractivity contribution >= 4 is 11.8 Å². The van der Waals surface area contributed by atoms with Crippen LogP contribution in [-0.2, 0) is 0 Å². The van der Waals surface area contributed by atoms with Gasteiger partial charge in [0.1, 0.15) is 0 Å². The SMILES string of the molecule is CCSC1CCC(NC(C)C)C1.